The van der Waals surface area contributed by atoms with Crippen molar-refractivity contribution in [3.63, 3.8) is 0 Å². The van der Waals surface area contributed by atoms with Crippen molar-refractivity contribution in [1.82, 2.24) is 4.90 Å². The molecule has 3 nitrogen and oxygen atoms in total. The Kier molecular flexibility index (Phi) is 5.05. The average Bonchev–Trinajstić information content (AvgIpc) is 2.40. The summed E-state index contributed by atoms with van der Waals surface area (Å²) in [7, 11) is 2.28. The predicted octanol–water partition coefficient (Wildman–Crippen LogP) is 2.25. The van der Waals surface area contributed by atoms with Gasteiger partial charge in [-0.25, -0.2) is 0 Å². The molecule has 0 aromatic heterocycles. The monoisotopic (exact) mass is 254 g/mol. The zero-order chi connectivity index (χ0) is 13.0. The summed E-state index contributed by atoms with van der Waals surface area (Å²) in [5.41, 5.74) is 6.25. The summed E-state index contributed by atoms with van der Waals surface area (Å²) in [6.07, 6.45) is 7.91. The van der Waals surface area contributed by atoms with Gasteiger partial charge in [0.05, 0.1) is 6.61 Å². The molecule has 3 heteroatoms. The zero-order valence-corrected chi connectivity index (χ0v) is 12.2. The van der Waals surface area contributed by atoms with Gasteiger partial charge in [-0.05, 0) is 51.5 Å². The van der Waals surface area contributed by atoms with E-state index in [0.29, 0.717) is 0 Å². The summed E-state index contributed by atoms with van der Waals surface area (Å²) in [5, 5.41) is 0. The highest BCUT2D eigenvalue weighted by Crippen LogP contribution is 2.32. The first-order valence-electron chi connectivity index (χ1n) is 7.63. The Morgan fingerprint density at radius 2 is 2.00 bits per heavy atom. The first-order chi connectivity index (χ1) is 8.65. The Hall–Kier alpha value is -0.120. The van der Waals surface area contributed by atoms with E-state index in [1.165, 1.54) is 38.5 Å². The summed E-state index contributed by atoms with van der Waals surface area (Å²) in [5.74, 6) is 0.927. The molecule has 1 unspecified atom stereocenters. The minimum Gasteiger partial charge on any atom is -0.381 e. The Morgan fingerprint density at radius 3 is 2.56 bits per heavy atom. The first kappa shape index (κ1) is 14.3. The van der Waals surface area contributed by atoms with E-state index in [4.69, 9.17) is 10.5 Å². The van der Waals surface area contributed by atoms with Crippen LogP contribution in [0.5, 0.6) is 0 Å². The van der Waals surface area contributed by atoms with Crippen molar-refractivity contribution in [3.8, 4) is 0 Å². The zero-order valence-electron chi connectivity index (χ0n) is 12.2. The second-order valence-electron chi connectivity index (χ2n) is 6.69. The summed E-state index contributed by atoms with van der Waals surface area (Å²) in [6.45, 7) is 6.04. The number of hydrogen-bond acceptors (Lipinski definition) is 3. The SMILES string of the molecule is CC1CCC(N(C)CC2(CN)CCCOC2)CC1. The smallest absolute Gasteiger partial charge is 0.0546 e. The summed E-state index contributed by atoms with van der Waals surface area (Å²) < 4.78 is 5.67. The van der Waals surface area contributed by atoms with Crippen molar-refractivity contribution in [1.29, 1.82) is 0 Å². The van der Waals surface area contributed by atoms with Crippen LogP contribution in [-0.2, 0) is 4.74 Å². The van der Waals surface area contributed by atoms with Crippen molar-refractivity contribution >= 4 is 0 Å². The van der Waals surface area contributed by atoms with Gasteiger partial charge in [-0.1, -0.05) is 6.92 Å². The van der Waals surface area contributed by atoms with Gasteiger partial charge >= 0.3 is 0 Å². The van der Waals surface area contributed by atoms with Crippen LogP contribution < -0.4 is 5.73 Å². The van der Waals surface area contributed by atoms with E-state index in [9.17, 15) is 0 Å². The molecule has 2 fully saturated rings. The van der Waals surface area contributed by atoms with E-state index in [0.717, 1.165) is 38.3 Å². The Morgan fingerprint density at radius 1 is 1.28 bits per heavy atom. The molecule has 0 aromatic carbocycles. The molecule has 1 atom stereocenters. The van der Waals surface area contributed by atoms with Crippen LogP contribution >= 0.6 is 0 Å². The van der Waals surface area contributed by atoms with Crippen molar-refractivity contribution < 1.29 is 4.74 Å². The largest absolute Gasteiger partial charge is 0.381 e. The third kappa shape index (κ3) is 3.46. The van der Waals surface area contributed by atoms with Crippen LogP contribution in [0.25, 0.3) is 0 Å². The number of hydrogen-bond donors (Lipinski definition) is 1. The van der Waals surface area contributed by atoms with Gasteiger partial charge < -0.3 is 15.4 Å². The topological polar surface area (TPSA) is 38.5 Å². The van der Waals surface area contributed by atoms with Crippen LogP contribution in [0, 0.1) is 11.3 Å². The second-order valence-corrected chi connectivity index (χ2v) is 6.69. The van der Waals surface area contributed by atoms with Crippen LogP contribution in [0.3, 0.4) is 0 Å². The van der Waals surface area contributed by atoms with Crippen molar-refractivity contribution in [2.75, 3.05) is 33.4 Å². The molecular weight excluding hydrogens is 224 g/mol. The molecule has 18 heavy (non-hydrogen) atoms. The molecule has 2 N–H and O–H groups in total. The molecule has 1 saturated carbocycles. The van der Waals surface area contributed by atoms with Gasteiger partial charge in [0.1, 0.15) is 0 Å². The van der Waals surface area contributed by atoms with Gasteiger partial charge in [-0.3, -0.25) is 0 Å². The van der Waals surface area contributed by atoms with Crippen LogP contribution in [0.1, 0.15) is 45.4 Å². The fourth-order valence-corrected chi connectivity index (χ4v) is 3.60. The van der Waals surface area contributed by atoms with E-state index in [2.05, 4.69) is 18.9 Å². The standard InChI is InChI=1S/C15H30N2O/c1-13-4-6-14(7-5-13)17(2)11-15(10-16)8-3-9-18-12-15/h13-14H,3-12,16H2,1-2H3. The quantitative estimate of drug-likeness (QED) is 0.836. The number of nitrogens with zero attached hydrogens (tertiary/aromatic N) is 1. The Bertz CT molecular complexity index is 243. The lowest BCUT2D eigenvalue weighted by Gasteiger charge is -2.42. The molecule has 1 saturated heterocycles. The second kappa shape index (κ2) is 6.36. The molecule has 106 valence electrons. The molecular formula is C15H30N2O. The summed E-state index contributed by atoms with van der Waals surface area (Å²) in [6, 6.07) is 0.770. The first-order valence-corrected chi connectivity index (χ1v) is 7.63. The Labute approximate surface area is 112 Å². The number of rotatable bonds is 4. The summed E-state index contributed by atoms with van der Waals surface area (Å²) >= 11 is 0. The van der Waals surface area contributed by atoms with E-state index in [-0.39, 0.29) is 5.41 Å². The van der Waals surface area contributed by atoms with Crippen molar-refractivity contribution in [2.24, 2.45) is 17.1 Å². The minimum atomic E-state index is 0.218. The molecule has 0 radical (unpaired) electrons. The third-order valence-corrected chi connectivity index (χ3v) is 5.03. The van der Waals surface area contributed by atoms with Crippen LogP contribution in [0.4, 0.5) is 0 Å². The van der Waals surface area contributed by atoms with Gasteiger partial charge in [-0.15, -0.1) is 0 Å². The fourth-order valence-electron chi connectivity index (χ4n) is 3.60. The maximum absolute atomic E-state index is 6.03. The predicted molar refractivity (Wildman–Crippen MR) is 75.6 cm³/mol. The highest BCUT2D eigenvalue weighted by molar-refractivity contribution is 4.88. The molecule has 0 spiro atoms. The number of ether oxygens (including phenoxy) is 1. The van der Waals surface area contributed by atoms with Gasteiger partial charge in [0.25, 0.3) is 0 Å². The molecule has 2 aliphatic rings. The molecule has 2 rings (SSSR count). The van der Waals surface area contributed by atoms with Crippen molar-refractivity contribution in [2.45, 2.75) is 51.5 Å². The van der Waals surface area contributed by atoms with E-state index in [1.54, 1.807) is 0 Å². The Balaban J connectivity index is 1.86. The lowest BCUT2D eigenvalue weighted by Crippen LogP contribution is -2.49. The molecule has 0 amide bonds. The van der Waals surface area contributed by atoms with Crippen LogP contribution in [0.15, 0.2) is 0 Å². The lowest BCUT2D eigenvalue weighted by molar-refractivity contribution is -0.0270. The van der Waals surface area contributed by atoms with Gasteiger partial charge in [0.2, 0.25) is 0 Å². The third-order valence-electron chi connectivity index (χ3n) is 5.03. The maximum atomic E-state index is 6.03. The highest BCUT2D eigenvalue weighted by Gasteiger charge is 2.34. The average molecular weight is 254 g/mol. The van der Waals surface area contributed by atoms with E-state index in [1.807, 2.05) is 0 Å². The van der Waals surface area contributed by atoms with E-state index >= 15 is 0 Å². The molecule has 1 aliphatic heterocycles. The molecule has 1 aliphatic carbocycles. The fraction of sp³-hybridized carbons (Fsp3) is 1.00. The minimum absolute atomic E-state index is 0.218. The van der Waals surface area contributed by atoms with Crippen LogP contribution in [-0.4, -0.2) is 44.3 Å². The van der Waals surface area contributed by atoms with Gasteiger partial charge in [0.15, 0.2) is 0 Å². The molecule has 0 aromatic rings. The van der Waals surface area contributed by atoms with Crippen molar-refractivity contribution in [3.05, 3.63) is 0 Å². The lowest BCUT2D eigenvalue weighted by atomic mass is 9.80. The molecule has 1 heterocycles. The number of nitrogens with two attached hydrogens (primary N) is 1. The normalized spacial score (nSPS) is 38.0. The van der Waals surface area contributed by atoms with Gasteiger partial charge in [-0.2, -0.15) is 0 Å². The maximum Gasteiger partial charge on any atom is 0.0546 e. The van der Waals surface area contributed by atoms with Crippen LogP contribution in [0.2, 0.25) is 0 Å². The summed E-state index contributed by atoms with van der Waals surface area (Å²) in [4.78, 5) is 2.56. The van der Waals surface area contributed by atoms with E-state index < -0.39 is 0 Å². The highest BCUT2D eigenvalue weighted by atomic mass is 16.5. The van der Waals surface area contributed by atoms with Gasteiger partial charge in [0, 0.05) is 31.2 Å². The molecule has 0 bridgehead atoms.